The maximum Gasteiger partial charge on any atom is 0.157 e. The molecule has 1 aliphatic heterocycles. The Labute approximate surface area is 125 Å². The van der Waals surface area contributed by atoms with E-state index in [1.807, 2.05) is 0 Å². The summed E-state index contributed by atoms with van der Waals surface area (Å²) in [6, 6.07) is 8.56. The van der Waals surface area contributed by atoms with Gasteiger partial charge in [0.25, 0.3) is 0 Å². The maximum atomic E-state index is 6.25. The number of nitrogen functional groups attached to an aromatic ring is 1. The van der Waals surface area contributed by atoms with E-state index in [-0.39, 0.29) is 0 Å². The fourth-order valence-electron chi connectivity index (χ4n) is 2.70. The lowest BCUT2D eigenvalue weighted by atomic mass is 10.00. The molecule has 0 atom stereocenters. The van der Waals surface area contributed by atoms with E-state index >= 15 is 0 Å². The first kappa shape index (κ1) is 13.7. The Morgan fingerprint density at radius 2 is 2.05 bits per heavy atom. The summed E-state index contributed by atoms with van der Waals surface area (Å²) < 4.78 is 0. The summed E-state index contributed by atoms with van der Waals surface area (Å²) in [7, 11) is 0. The first-order valence-corrected chi connectivity index (χ1v) is 7.45. The van der Waals surface area contributed by atoms with Crippen LogP contribution in [0.2, 0.25) is 0 Å². The normalized spacial score (nSPS) is 13.9. The fourth-order valence-corrected chi connectivity index (χ4v) is 2.70. The topological polar surface area (TPSA) is 67.1 Å². The number of nitrogens with zero attached hydrogens (tertiary/aromatic N) is 3. The van der Waals surface area contributed by atoms with Crippen LogP contribution in [0.5, 0.6) is 0 Å². The maximum absolute atomic E-state index is 6.25. The summed E-state index contributed by atoms with van der Waals surface area (Å²) in [4.78, 5) is 10.9. The molecule has 0 spiro atoms. The van der Waals surface area contributed by atoms with Crippen molar-refractivity contribution in [1.82, 2.24) is 9.97 Å². The van der Waals surface area contributed by atoms with E-state index in [0.717, 1.165) is 44.1 Å². The molecular formula is C16H21N5. The molecular weight excluding hydrogens is 262 g/mol. The van der Waals surface area contributed by atoms with Crippen LogP contribution in [-0.4, -0.2) is 23.1 Å². The van der Waals surface area contributed by atoms with Gasteiger partial charge in [-0.1, -0.05) is 31.2 Å². The van der Waals surface area contributed by atoms with Crippen molar-refractivity contribution in [3.8, 4) is 0 Å². The highest BCUT2D eigenvalue weighted by Crippen LogP contribution is 2.30. The van der Waals surface area contributed by atoms with Crippen molar-refractivity contribution in [3.05, 3.63) is 41.7 Å². The first-order valence-electron chi connectivity index (χ1n) is 7.45. The minimum absolute atomic E-state index is 0.644. The number of hydrogen-bond donors (Lipinski definition) is 2. The fraction of sp³-hybridized carbons (Fsp3) is 0.375. The molecule has 0 aliphatic carbocycles. The summed E-state index contributed by atoms with van der Waals surface area (Å²) in [5, 5.41) is 3.26. The zero-order chi connectivity index (χ0) is 14.7. The molecule has 1 aliphatic rings. The van der Waals surface area contributed by atoms with Gasteiger partial charge < -0.3 is 16.0 Å². The zero-order valence-corrected chi connectivity index (χ0v) is 12.3. The van der Waals surface area contributed by atoms with Crippen molar-refractivity contribution in [2.75, 3.05) is 29.0 Å². The molecule has 2 aromatic rings. The van der Waals surface area contributed by atoms with Gasteiger partial charge in [0, 0.05) is 19.6 Å². The third-order valence-corrected chi connectivity index (χ3v) is 3.84. The molecule has 5 heteroatoms. The minimum atomic E-state index is 0.644. The number of rotatable bonds is 4. The average Bonchev–Trinajstić information content (AvgIpc) is 2.53. The first-order chi connectivity index (χ1) is 10.3. The van der Waals surface area contributed by atoms with Gasteiger partial charge in [0.2, 0.25) is 0 Å². The summed E-state index contributed by atoms with van der Waals surface area (Å²) in [6.07, 6.45) is 3.65. The van der Waals surface area contributed by atoms with Crippen LogP contribution in [0.15, 0.2) is 30.6 Å². The van der Waals surface area contributed by atoms with E-state index in [2.05, 4.69) is 51.4 Å². The van der Waals surface area contributed by atoms with Crippen molar-refractivity contribution < 1.29 is 0 Å². The molecule has 0 saturated carbocycles. The third kappa shape index (κ3) is 2.77. The highest BCUT2D eigenvalue weighted by molar-refractivity contribution is 5.75. The van der Waals surface area contributed by atoms with Crippen LogP contribution >= 0.6 is 0 Å². The minimum Gasteiger partial charge on any atom is -0.393 e. The van der Waals surface area contributed by atoms with E-state index in [4.69, 9.17) is 5.73 Å². The Kier molecular flexibility index (Phi) is 3.90. The Morgan fingerprint density at radius 3 is 2.86 bits per heavy atom. The number of nitrogens with two attached hydrogens (primary N) is 1. The van der Waals surface area contributed by atoms with Crippen LogP contribution in [0.4, 0.5) is 17.3 Å². The second-order valence-corrected chi connectivity index (χ2v) is 5.33. The molecule has 1 aromatic carbocycles. The van der Waals surface area contributed by atoms with Gasteiger partial charge in [-0.05, 0) is 24.0 Å². The summed E-state index contributed by atoms with van der Waals surface area (Å²) >= 11 is 0. The monoisotopic (exact) mass is 283 g/mol. The number of benzene rings is 1. The van der Waals surface area contributed by atoms with E-state index < -0.39 is 0 Å². The van der Waals surface area contributed by atoms with Crippen LogP contribution in [0.25, 0.3) is 0 Å². The number of aromatic nitrogens is 2. The number of anilines is 3. The second-order valence-electron chi connectivity index (χ2n) is 5.33. The molecule has 0 amide bonds. The molecule has 3 N–H and O–H groups in total. The average molecular weight is 283 g/mol. The van der Waals surface area contributed by atoms with E-state index in [0.29, 0.717) is 5.69 Å². The van der Waals surface area contributed by atoms with E-state index in [9.17, 15) is 0 Å². The number of fused-ring (bicyclic) bond motifs is 1. The lowest BCUT2D eigenvalue weighted by Crippen LogP contribution is -2.31. The third-order valence-electron chi connectivity index (χ3n) is 3.84. The zero-order valence-electron chi connectivity index (χ0n) is 12.3. The quantitative estimate of drug-likeness (QED) is 0.902. The summed E-state index contributed by atoms with van der Waals surface area (Å²) in [6.45, 7) is 4.77. The predicted octanol–water partition coefficient (Wildman–Crippen LogP) is 2.44. The highest BCUT2D eigenvalue weighted by atomic mass is 15.2. The molecule has 2 heterocycles. The van der Waals surface area contributed by atoms with Crippen LogP contribution in [0.1, 0.15) is 24.5 Å². The van der Waals surface area contributed by atoms with Crippen molar-refractivity contribution in [2.24, 2.45) is 0 Å². The molecule has 0 bridgehead atoms. The summed E-state index contributed by atoms with van der Waals surface area (Å²) in [5.74, 6) is 1.57. The molecule has 0 fully saturated rings. The molecule has 1 aromatic heterocycles. The van der Waals surface area contributed by atoms with Gasteiger partial charge in [-0.2, -0.15) is 0 Å². The SMILES string of the molecule is CCCNc1ncnc(N2CCc3ccccc3C2)c1N. The number of hydrogen-bond acceptors (Lipinski definition) is 5. The second kappa shape index (κ2) is 5.99. The molecule has 21 heavy (non-hydrogen) atoms. The summed E-state index contributed by atoms with van der Waals surface area (Å²) in [5.41, 5.74) is 9.66. The van der Waals surface area contributed by atoms with E-state index in [1.54, 1.807) is 6.33 Å². The molecule has 5 nitrogen and oxygen atoms in total. The van der Waals surface area contributed by atoms with Gasteiger partial charge >= 0.3 is 0 Å². The van der Waals surface area contributed by atoms with Gasteiger partial charge in [-0.25, -0.2) is 9.97 Å². The highest BCUT2D eigenvalue weighted by Gasteiger charge is 2.20. The van der Waals surface area contributed by atoms with Crippen molar-refractivity contribution in [1.29, 1.82) is 0 Å². The van der Waals surface area contributed by atoms with Crippen molar-refractivity contribution in [2.45, 2.75) is 26.3 Å². The Balaban J connectivity index is 1.85. The van der Waals surface area contributed by atoms with Gasteiger partial charge in [-0.15, -0.1) is 0 Å². The molecule has 0 radical (unpaired) electrons. The Bertz CT molecular complexity index is 626. The largest absolute Gasteiger partial charge is 0.393 e. The van der Waals surface area contributed by atoms with Gasteiger partial charge in [0.15, 0.2) is 11.6 Å². The van der Waals surface area contributed by atoms with Gasteiger partial charge in [0.1, 0.15) is 12.0 Å². The predicted molar refractivity (Wildman–Crippen MR) is 86.4 cm³/mol. The number of nitrogens with one attached hydrogen (secondary N) is 1. The Morgan fingerprint density at radius 1 is 1.24 bits per heavy atom. The molecule has 0 saturated heterocycles. The van der Waals surface area contributed by atoms with Crippen molar-refractivity contribution >= 4 is 17.3 Å². The molecule has 110 valence electrons. The van der Waals surface area contributed by atoms with Gasteiger partial charge in [0.05, 0.1) is 0 Å². The van der Waals surface area contributed by atoms with Crippen LogP contribution in [0, 0.1) is 0 Å². The van der Waals surface area contributed by atoms with Crippen LogP contribution in [-0.2, 0) is 13.0 Å². The van der Waals surface area contributed by atoms with Crippen LogP contribution in [0.3, 0.4) is 0 Å². The lowest BCUT2D eigenvalue weighted by Gasteiger charge is -2.30. The van der Waals surface area contributed by atoms with E-state index in [1.165, 1.54) is 11.1 Å². The Hall–Kier alpha value is -2.30. The molecule has 0 unspecified atom stereocenters. The van der Waals surface area contributed by atoms with Crippen molar-refractivity contribution in [3.63, 3.8) is 0 Å². The van der Waals surface area contributed by atoms with Crippen LogP contribution < -0.4 is 16.0 Å². The molecule has 3 rings (SSSR count). The van der Waals surface area contributed by atoms with Gasteiger partial charge in [-0.3, -0.25) is 0 Å². The lowest BCUT2D eigenvalue weighted by molar-refractivity contribution is 0.720. The standard InChI is InChI=1S/C16H21N5/c1-2-8-18-15-14(17)16(20-11-19-15)21-9-7-12-5-3-4-6-13(12)10-21/h3-6,11H,2,7-10,17H2,1H3,(H,18,19,20). The smallest absolute Gasteiger partial charge is 0.157 e.